The van der Waals surface area contributed by atoms with Crippen LogP contribution in [-0.2, 0) is 6.42 Å². The van der Waals surface area contributed by atoms with Crippen molar-refractivity contribution in [1.82, 2.24) is 16.0 Å². The smallest absolute Gasteiger partial charge is 0.251 e. The predicted octanol–water partition coefficient (Wildman–Crippen LogP) is 3.00. The highest BCUT2D eigenvalue weighted by molar-refractivity contribution is 5.95. The molecule has 7 N–H and O–H groups in total. The Bertz CT molecular complexity index is 906. The first-order chi connectivity index (χ1) is 16.4. The third-order valence-corrected chi connectivity index (χ3v) is 6.53. The van der Waals surface area contributed by atoms with Crippen LogP contribution in [0.3, 0.4) is 0 Å². The normalized spacial score (nSPS) is 16.1. The Kier molecular flexibility index (Phi) is 9.42. The zero-order chi connectivity index (χ0) is 24.5. The number of hydrogen-bond donors (Lipinski definition) is 7. The number of benzene rings is 2. The maximum absolute atomic E-state index is 12.9. The summed E-state index contributed by atoms with van der Waals surface area (Å²) >= 11 is 0. The average Bonchev–Trinajstić information content (AvgIpc) is 2.82. The van der Waals surface area contributed by atoms with Crippen LogP contribution in [0.1, 0.15) is 54.4 Å². The van der Waals surface area contributed by atoms with Crippen molar-refractivity contribution in [3.63, 3.8) is 0 Å². The number of aromatic hydroxyl groups is 4. The van der Waals surface area contributed by atoms with Gasteiger partial charge >= 0.3 is 0 Å². The molecule has 2 aromatic rings. The van der Waals surface area contributed by atoms with Crippen LogP contribution in [0.15, 0.2) is 36.4 Å². The molecule has 1 amide bonds. The molecule has 1 aliphatic rings. The lowest BCUT2D eigenvalue weighted by molar-refractivity contribution is 0.0926. The van der Waals surface area contributed by atoms with Gasteiger partial charge in [-0.1, -0.05) is 44.2 Å². The van der Waals surface area contributed by atoms with Crippen molar-refractivity contribution >= 4 is 5.91 Å². The van der Waals surface area contributed by atoms with E-state index in [4.69, 9.17) is 0 Å². The van der Waals surface area contributed by atoms with Crippen molar-refractivity contribution in [1.29, 1.82) is 0 Å². The van der Waals surface area contributed by atoms with Crippen LogP contribution >= 0.6 is 0 Å². The van der Waals surface area contributed by atoms with E-state index in [1.807, 2.05) is 19.2 Å². The largest absolute Gasteiger partial charge is 0.508 e. The lowest BCUT2D eigenvalue weighted by Crippen LogP contribution is -2.48. The van der Waals surface area contributed by atoms with Gasteiger partial charge in [0.25, 0.3) is 5.91 Å². The Hall–Kier alpha value is -2.97. The van der Waals surface area contributed by atoms with E-state index in [1.165, 1.54) is 19.3 Å². The zero-order valence-corrected chi connectivity index (χ0v) is 19.8. The molecule has 0 aliphatic heterocycles. The van der Waals surface area contributed by atoms with E-state index in [0.29, 0.717) is 12.5 Å². The molecule has 8 heteroatoms. The summed E-state index contributed by atoms with van der Waals surface area (Å²) in [6.07, 6.45) is 7.60. The summed E-state index contributed by atoms with van der Waals surface area (Å²) in [5, 5.41) is 48.6. The summed E-state index contributed by atoms with van der Waals surface area (Å²) in [6, 6.07) is 9.49. The lowest BCUT2D eigenvalue weighted by Gasteiger charge is -2.29. The Balaban J connectivity index is 1.68. The van der Waals surface area contributed by atoms with Gasteiger partial charge in [-0.25, -0.2) is 0 Å². The summed E-state index contributed by atoms with van der Waals surface area (Å²) in [7, 11) is 1.90. The molecule has 186 valence electrons. The first-order valence-electron chi connectivity index (χ1n) is 12.1. The molecule has 0 saturated heterocycles. The molecular formula is C26H37N3O5. The number of nitrogens with one attached hydrogen (secondary N) is 3. The molecule has 2 aromatic carbocycles. The number of carbonyl (C=O) groups excluding carboxylic acids is 1. The topological polar surface area (TPSA) is 134 Å². The molecule has 0 bridgehead atoms. The van der Waals surface area contributed by atoms with Gasteiger partial charge in [-0.2, -0.15) is 0 Å². The number of hydrogen-bond acceptors (Lipinski definition) is 7. The second kappa shape index (κ2) is 12.5. The van der Waals surface area contributed by atoms with E-state index >= 15 is 0 Å². The van der Waals surface area contributed by atoms with Crippen molar-refractivity contribution in [3.05, 3.63) is 47.5 Å². The molecule has 0 radical (unpaired) electrons. The van der Waals surface area contributed by atoms with E-state index < -0.39 is 23.2 Å². The first kappa shape index (κ1) is 25.6. The first-order valence-corrected chi connectivity index (χ1v) is 12.1. The minimum absolute atomic E-state index is 0.0947. The number of likely N-dealkylation sites (N-methyl/N-ethyl adjacent to an activating group) is 1. The molecular weight excluding hydrogens is 434 g/mol. The van der Waals surface area contributed by atoms with Gasteiger partial charge in [0, 0.05) is 30.7 Å². The van der Waals surface area contributed by atoms with E-state index in [1.54, 1.807) is 12.1 Å². The van der Waals surface area contributed by atoms with Crippen LogP contribution in [0, 0.1) is 5.92 Å². The molecule has 1 saturated carbocycles. The molecule has 0 unspecified atom stereocenters. The summed E-state index contributed by atoms with van der Waals surface area (Å²) in [5.41, 5.74) is 1.20. The molecule has 8 nitrogen and oxygen atoms in total. The molecule has 3 rings (SSSR count). The highest BCUT2D eigenvalue weighted by atomic mass is 16.3. The zero-order valence-electron chi connectivity index (χ0n) is 19.8. The average molecular weight is 472 g/mol. The molecule has 0 spiro atoms. The Morgan fingerprint density at radius 2 is 1.59 bits per heavy atom. The third kappa shape index (κ3) is 7.53. The fourth-order valence-corrected chi connectivity index (χ4v) is 4.71. The van der Waals surface area contributed by atoms with Gasteiger partial charge in [0.1, 0.15) is 5.75 Å². The third-order valence-electron chi connectivity index (χ3n) is 6.53. The monoisotopic (exact) mass is 471 g/mol. The van der Waals surface area contributed by atoms with Crippen LogP contribution in [0.2, 0.25) is 0 Å². The van der Waals surface area contributed by atoms with Crippen molar-refractivity contribution in [2.24, 2.45) is 5.92 Å². The molecule has 0 aromatic heterocycles. The number of carbonyl (C=O) groups is 1. The van der Waals surface area contributed by atoms with Crippen LogP contribution in [0.5, 0.6) is 23.0 Å². The van der Waals surface area contributed by atoms with Gasteiger partial charge in [-0.3, -0.25) is 4.79 Å². The fourth-order valence-electron chi connectivity index (χ4n) is 4.71. The van der Waals surface area contributed by atoms with Crippen molar-refractivity contribution in [2.45, 2.75) is 57.0 Å². The Morgan fingerprint density at radius 3 is 2.21 bits per heavy atom. The molecule has 34 heavy (non-hydrogen) atoms. The van der Waals surface area contributed by atoms with Crippen molar-refractivity contribution in [2.75, 3.05) is 20.1 Å². The van der Waals surface area contributed by atoms with Crippen molar-refractivity contribution in [3.8, 4) is 23.0 Å². The van der Waals surface area contributed by atoms with Crippen LogP contribution < -0.4 is 16.0 Å². The Labute approximate surface area is 201 Å². The maximum atomic E-state index is 12.9. The molecule has 1 aliphatic carbocycles. The summed E-state index contributed by atoms with van der Waals surface area (Å²) in [4.78, 5) is 12.9. The standard InChI is InChI=1S/C26H37N3O5/c1-27-15-20(11-18-7-9-22(30)10-8-18)28-16-21(12-17-5-3-2-4-6-17)29-26(34)19-13-23(31)25(33)24(32)14-19/h7-10,13-14,17,20-21,27-28,30-33H,2-6,11-12,15-16H2,1H3,(H,29,34)/t20-,21-/m0/s1. The predicted molar refractivity (Wildman–Crippen MR) is 131 cm³/mol. The summed E-state index contributed by atoms with van der Waals surface area (Å²) < 4.78 is 0. The second-order valence-corrected chi connectivity index (χ2v) is 9.31. The summed E-state index contributed by atoms with van der Waals surface area (Å²) in [5.74, 6) is -1.33. The SMILES string of the molecule is CNC[C@H](Cc1ccc(O)cc1)NC[C@H](CC1CCCCC1)NC(=O)c1cc(O)c(O)c(O)c1. The molecule has 0 heterocycles. The highest BCUT2D eigenvalue weighted by Crippen LogP contribution is 2.35. The van der Waals surface area contributed by atoms with E-state index in [-0.39, 0.29) is 23.4 Å². The molecule has 1 fully saturated rings. The number of phenolic OH excluding ortho intramolecular Hbond substituents is 4. The minimum Gasteiger partial charge on any atom is -0.508 e. The van der Waals surface area contributed by atoms with E-state index in [2.05, 4.69) is 16.0 Å². The van der Waals surface area contributed by atoms with Crippen LogP contribution in [0.25, 0.3) is 0 Å². The van der Waals surface area contributed by atoms with Gasteiger partial charge in [0.15, 0.2) is 17.2 Å². The Morgan fingerprint density at radius 1 is 0.941 bits per heavy atom. The van der Waals surface area contributed by atoms with Gasteiger partial charge in [-0.05, 0) is 55.6 Å². The van der Waals surface area contributed by atoms with Crippen LogP contribution in [0.4, 0.5) is 0 Å². The quantitative estimate of drug-likeness (QED) is 0.251. The lowest BCUT2D eigenvalue weighted by atomic mass is 9.84. The van der Waals surface area contributed by atoms with Gasteiger partial charge in [-0.15, -0.1) is 0 Å². The molecule has 2 atom stereocenters. The minimum atomic E-state index is -0.638. The fraction of sp³-hybridized carbons (Fsp3) is 0.500. The number of phenols is 4. The van der Waals surface area contributed by atoms with Gasteiger partial charge < -0.3 is 36.4 Å². The maximum Gasteiger partial charge on any atom is 0.251 e. The number of amides is 1. The van der Waals surface area contributed by atoms with E-state index in [0.717, 1.165) is 49.9 Å². The van der Waals surface area contributed by atoms with Crippen molar-refractivity contribution < 1.29 is 25.2 Å². The second-order valence-electron chi connectivity index (χ2n) is 9.31. The van der Waals surface area contributed by atoms with E-state index in [9.17, 15) is 25.2 Å². The van der Waals surface area contributed by atoms with Gasteiger partial charge in [0.2, 0.25) is 0 Å². The number of rotatable bonds is 11. The summed E-state index contributed by atoms with van der Waals surface area (Å²) in [6.45, 7) is 1.31. The van der Waals surface area contributed by atoms with Crippen LogP contribution in [-0.4, -0.2) is 58.6 Å². The van der Waals surface area contributed by atoms with Gasteiger partial charge in [0.05, 0.1) is 0 Å². The highest BCUT2D eigenvalue weighted by Gasteiger charge is 2.23.